The van der Waals surface area contributed by atoms with Crippen LogP contribution in [0.2, 0.25) is 0 Å². The Balaban J connectivity index is 1.99. The molecule has 0 N–H and O–H groups in total. The molecule has 0 saturated heterocycles. The van der Waals surface area contributed by atoms with Crippen LogP contribution in [0, 0.1) is 23.7 Å². The van der Waals surface area contributed by atoms with E-state index >= 15 is 0 Å². The quantitative estimate of drug-likeness (QED) is 0.462. The molecule has 3 aliphatic rings. The number of esters is 1. The highest BCUT2D eigenvalue weighted by molar-refractivity contribution is 5.90. The molecule has 0 radical (unpaired) electrons. The number of hydrogen-bond donors (Lipinski definition) is 0. The van der Waals surface area contributed by atoms with Gasteiger partial charge in [-0.25, -0.2) is 4.79 Å². The van der Waals surface area contributed by atoms with Crippen LogP contribution in [-0.4, -0.2) is 13.1 Å². The minimum Gasteiger partial charge on any atom is -0.466 e. The third kappa shape index (κ3) is 0.834. The van der Waals surface area contributed by atoms with E-state index in [2.05, 4.69) is 30.4 Å². The number of hydrogen-bond acceptors (Lipinski definition) is 2. The number of allylic oxidation sites excluding steroid dienone is 5. The fourth-order valence-corrected chi connectivity index (χ4v) is 2.94. The maximum absolute atomic E-state index is 11.5. The van der Waals surface area contributed by atoms with Crippen molar-refractivity contribution in [1.82, 2.24) is 0 Å². The van der Waals surface area contributed by atoms with Gasteiger partial charge in [-0.3, -0.25) is 0 Å². The molecule has 0 aromatic heterocycles. The van der Waals surface area contributed by atoms with Gasteiger partial charge in [0.05, 0.1) is 7.11 Å². The number of carbonyl (C=O) groups is 1. The molecule has 0 aliphatic heterocycles. The van der Waals surface area contributed by atoms with Crippen LogP contribution >= 0.6 is 0 Å². The highest BCUT2D eigenvalue weighted by Gasteiger charge is 2.46. The number of rotatable bonds is 1. The molecular weight excluding hydrogens is 176 g/mol. The molecule has 0 saturated carbocycles. The van der Waals surface area contributed by atoms with E-state index in [-0.39, 0.29) is 5.97 Å². The number of carbonyl (C=O) groups excluding carboxylic acids is 1. The maximum Gasteiger partial charge on any atom is 0.334 e. The van der Waals surface area contributed by atoms with Crippen LogP contribution in [0.25, 0.3) is 0 Å². The summed E-state index contributed by atoms with van der Waals surface area (Å²) in [6.07, 6.45) is 10.9. The molecule has 0 aromatic carbocycles. The first-order valence-electron chi connectivity index (χ1n) is 4.98. The highest BCUT2D eigenvalue weighted by Crippen LogP contribution is 2.51. The van der Waals surface area contributed by atoms with Gasteiger partial charge in [-0.2, -0.15) is 0 Å². The van der Waals surface area contributed by atoms with Crippen LogP contribution in [-0.2, 0) is 9.53 Å². The topological polar surface area (TPSA) is 26.3 Å². The lowest BCUT2D eigenvalue weighted by Crippen LogP contribution is -2.16. The van der Waals surface area contributed by atoms with Crippen molar-refractivity contribution in [2.24, 2.45) is 23.7 Å². The first-order chi connectivity index (χ1) is 6.81. The Morgan fingerprint density at radius 2 is 1.93 bits per heavy atom. The molecule has 0 bridgehead atoms. The lowest BCUT2D eigenvalue weighted by Gasteiger charge is -2.16. The minimum atomic E-state index is -0.164. The van der Waals surface area contributed by atoms with Crippen molar-refractivity contribution in [2.45, 2.75) is 0 Å². The third-order valence-corrected chi connectivity index (χ3v) is 3.55. The summed E-state index contributed by atoms with van der Waals surface area (Å²) in [5, 5.41) is 0. The van der Waals surface area contributed by atoms with Crippen molar-refractivity contribution in [1.29, 1.82) is 0 Å². The van der Waals surface area contributed by atoms with Gasteiger partial charge in [0, 0.05) is 17.4 Å². The van der Waals surface area contributed by atoms with Crippen LogP contribution in [0.5, 0.6) is 0 Å². The first-order valence-corrected chi connectivity index (χ1v) is 4.98. The first kappa shape index (κ1) is 8.04. The molecule has 72 valence electrons. The van der Waals surface area contributed by atoms with Crippen LogP contribution in [0.15, 0.2) is 36.0 Å². The average Bonchev–Trinajstić information content (AvgIpc) is 2.83. The van der Waals surface area contributed by atoms with E-state index in [1.807, 2.05) is 0 Å². The molecule has 3 rings (SSSR count). The van der Waals surface area contributed by atoms with Crippen LogP contribution < -0.4 is 0 Å². The zero-order valence-corrected chi connectivity index (χ0v) is 8.01. The second-order valence-corrected chi connectivity index (χ2v) is 4.14. The molecule has 0 amide bonds. The van der Waals surface area contributed by atoms with Gasteiger partial charge in [-0.05, 0) is 11.8 Å². The Hall–Kier alpha value is -1.31. The smallest absolute Gasteiger partial charge is 0.334 e. The Morgan fingerprint density at radius 3 is 2.71 bits per heavy atom. The monoisotopic (exact) mass is 188 g/mol. The van der Waals surface area contributed by atoms with E-state index in [9.17, 15) is 4.79 Å². The fraction of sp³-hybridized carbons (Fsp3) is 0.417. The summed E-state index contributed by atoms with van der Waals surface area (Å²) in [6.45, 7) is 0. The summed E-state index contributed by atoms with van der Waals surface area (Å²) in [5.41, 5.74) is 0.852. The number of methoxy groups -OCH3 is 1. The summed E-state index contributed by atoms with van der Waals surface area (Å²) in [6, 6.07) is 0. The van der Waals surface area contributed by atoms with Crippen molar-refractivity contribution in [3.05, 3.63) is 36.0 Å². The lowest BCUT2D eigenvalue weighted by atomic mass is 9.87. The number of ether oxygens (including phenoxy) is 1. The predicted molar refractivity (Wildman–Crippen MR) is 52.3 cm³/mol. The van der Waals surface area contributed by atoms with Gasteiger partial charge in [0.2, 0.25) is 0 Å². The zero-order valence-electron chi connectivity index (χ0n) is 8.01. The molecule has 2 heteroatoms. The molecule has 3 aliphatic carbocycles. The normalized spacial score (nSPS) is 41.4. The van der Waals surface area contributed by atoms with Crippen LogP contribution in [0.1, 0.15) is 0 Å². The summed E-state index contributed by atoms with van der Waals surface area (Å²) in [4.78, 5) is 11.5. The Labute approximate surface area is 82.9 Å². The molecular formula is C12H12O2. The van der Waals surface area contributed by atoms with Gasteiger partial charge >= 0.3 is 5.97 Å². The summed E-state index contributed by atoms with van der Waals surface area (Å²) >= 11 is 0. The van der Waals surface area contributed by atoms with E-state index in [4.69, 9.17) is 4.74 Å². The average molecular weight is 188 g/mol. The molecule has 2 nitrogen and oxygen atoms in total. The van der Waals surface area contributed by atoms with Crippen molar-refractivity contribution < 1.29 is 9.53 Å². The molecule has 0 spiro atoms. The maximum atomic E-state index is 11.5. The highest BCUT2D eigenvalue weighted by atomic mass is 16.5. The minimum absolute atomic E-state index is 0.164. The van der Waals surface area contributed by atoms with Gasteiger partial charge in [0.25, 0.3) is 0 Å². The van der Waals surface area contributed by atoms with Crippen LogP contribution in [0.3, 0.4) is 0 Å². The van der Waals surface area contributed by atoms with Crippen molar-refractivity contribution >= 4 is 5.97 Å². The van der Waals surface area contributed by atoms with E-state index in [0.717, 1.165) is 5.57 Å². The molecule has 4 atom stereocenters. The summed E-state index contributed by atoms with van der Waals surface area (Å²) in [5.74, 6) is 1.71. The van der Waals surface area contributed by atoms with Gasteiger partial charge in [-0.1, -0.05) is 30.4 Å². The molecule has 14 heavy (non-hydrogen) atoms. The van der Waals surface area contributed by atoms with Crippen molar-refractivity contribution in [2.75, 3.05) is 7.11 Å². The molecule has 0 heterocycles. The standard InChI is InChI=1S/C12H12O2/c1-14-12(13)10-6-8-3-2-7-4-5-9(10)11(7)8/h2-9,11H,1H3/t7-,8+,9-,11-/m1/s1. The molecule has 0 unspecified atom stereocenters. The predicted octanol–water partition coefficient (Wildman–Crippen LogP) is 1.70. The fourth-order valence-electron chi connectivity index (χ4n) is 2.94. The van der Waals surface area contributed by atoms with Gasteiger partial charge < -0.3 is 4.74 Å². The van der Waals surface area contributed by atoms with Gasteiger partial charge in [0.15, 0.2) is 0 Å². The van der Waals surface area contributed by atoms with E-state index < -0.39 is 0 Å². The largest absolute Gasteiger partial charge is 0.466 e. The second kappa shape index (κ2) is 2.59. The third-order valence-electron chi connectivity index (χ3n) is 3.55. The van der Waals surface area contributed by atoms with E-state index in [1.54, 1.807) is 0 Å². The van der Waals surface area contributed by atoms with Crippen LogP contribution in [0.4, 0.5) is 0 Å². The lowest BCUT2D eigenvalue weighted by molar-refractivity contribution is -0.136. The van der Waals surface area contributed by atoms with Gasteiger partial charge in [0.1, 0.15) is 0 Å². The Morgan fingerprint density at radius 1 is 1.21 bits per heavy atom. The van der Waals surface area contributed by atoms with Gasteiger partial charge in [-0.15, -0.1) is 0 Å². The second-order valence-electron chi connectivity index (χ2n) is 4.14. The summed E-state index contributed by atoms with van der Waals surface area (Å²) < 4.78 is 4.78. The van der Waals surface area contributed by atoms with Crippen molar-refractivity contribution in [3.63, 3.8) is 0 Å². The summed E-state index contributed by atoms with van der Waals surface area (Å²) in [7, 11) is 1.45. The zero-order chi connectivity index (χ0) is 9.71. The van der Waals surface area contributed by atoms with E-state index in [0.29, 0.717) is 23.7 Å². The van der Waals surface area contributed by atoms with E-state index in [1.165, 1.54) is 7.11 Å². The molecule has 0 fully saturated rings. The van der Waals surface area contributed by atoms with Crippen molar-refractivity contribution in [3.8, 4) is 0 Å². The Kier molecular flexibility index (Phi) is 1.49. The Bertz CT molecular complexity index is 376. The SMILES string of the molecule is COC(=O)C1=C[C@@H]2C=C[C@@H]3C=C[C@H]1[C@H]32. The molecule has 0 aromatic rings.